The Morgan fingerprint density at radius 2 is 1.83 bits per heavy atom. The van der Waals surface area contributed by atoms with Gasteiger partial charge in [0, 0.05) is 40.3 Å². The SMILES string of the molecule is CN1C(=O)NC(=O)C2C1N=C(N1CCN(CC(F)F)CC1)N2C. The zero-order chi connectivity index (χ0) is 16.7. The normalized spacial score (nSPS) is 29.1. The number of hydrogen-bond donors (Lipinski definition) is 1. The van der Waals surface area contributed by atoms with E-state index < -0.39 is 24.7 Å². The number of urea groups is 1. The van der Waals surface area contributed by atoms with Crippen LogP contribution in [-0.4, -0.2) is 103 Å². The molecule has 0 saturated carbocycles. The molecule has 0 spiro atoms. The lowest BCUT2D eigenvalue weighted by Crippen LogP contribution is -2.63. The first-order valence-corrected chi connectivity index (χ1v) is 7.52. The van der Waals surface area contributed by atoms with Gasteiger partial charge >= 0.3 is 6.03 Å². The predicted octanol–water partition coefficient (Wildman–Crippen LogP) is -0.953. The van der Waals surface area contributed by atoms with Crippen molar-refractivity contribution >= 4 is 17.9 Å². The van der Waals surface area contributed by atoms with Crippen molar-refractivity contribution in [1.29, 1.82) is 0 Å². The Morgan fingerprint density at radius 3 is 2.43 bits per heavy atom. The number of imide groups is 1. The van der Waals surface area contributed by atoms with Gasteiger partial charge in [0.15, 0.2) is 18.2 Å². The molecule has 0 bridgehead atoms. The summed E-state index contributed by atoms with van der Waals surface area (Å²) in [6.45, 7) is 1.95. The summed E-state index contributed by atoms with van der Waals surface area (Å²) in [5.74, 6) is 0.268. The molecule has 2 fully saturated rings. The smallest absolute Gasteiger partial charge is 0.325 e. The maximum atomic E-state index is 12.4. The molecule has 2 saturated heterocycles. The second-order valence-corrected chi connectivity index (χ2v) is 5.98. The Kier molecular flexibility index (Phi) is 4.09. The Bertz CT molecular complexity index is 535. The van der Waals surface area contributed by atoms with Crippen LogP contribution in [0.5, 0.6) is 0 Å². The van der Waals surface area contributed by atoms with Gasteiger partial charge in [0.1, 0.15) is 0 Å². The number of aliphatic imine (C=N–C) groups is 1. The van der Waals surface area contributed by atoms with E-state index in [2.05, 4.69) is 10.3 Å². The molecule has 3 amide bonds. The van der Waals surface area contributed by atoms with Crippen molar-refractivity contribution in [3.05, 3.63) is 0 Å². The van der Waals surface area contributed by atoms with Crippen LogP contribution < -0.4 is 5.32 Å². The Labute approximate surface area is 132 Å². The second kappa shape index (κ2) is 5.91. The summed E-state index contributed by atoms with van der Waals surface area (Å²) in [6, 6.07) is -1.01. The maximum absolute atomic E-state index is 12.4. The average Bonchev–Trinajstić information content (AvgIpc) is 2.83. The number of nitrogens with zero attached hydrogens (tertiary/aromatic N) is 5. The predicted molar refractivity (Wildman–Crippen MR) is 78.1 cm³/mol. The number of nitrogens with one attached hydrogen (secondary N) is 1. The first-order valence-electron chi connectivity index (χ1n) is 7.52. The van der Waals surface area contributed by atoms with Crippen LogP contribution in [0, 0.1) is 0 Å². The first kappa shape index (κ1) is 15.9. The van der Waals surface area contributed by atoms with Gasteiger partial charge < -0.3 is 14.7 Å². The monoisotopic (exact) mass is 330 g/mol. The fourth-order valence-electron chi connectivity index (χ4n) is 3.23. The number of amides is 3. The van der Waals surface area contributed by atoms with E-state index in [0.29, 0.717) is 32.1 Å². The van der Waals surface area contributed by atoms with Gasteiger partial charge in [-0.3, -0.25) is 15.0 Å². The third-order valence-electron chi connectivity index (χ3n) is 4.53. The van der Waals surface area contributed by atoms with Crippen molar-refractivity contribution < 1.29 is 18.4 Å². The first-order chi connectivity index (χ1) is 10.9. The van der Waals surface area contributed by atoms with Crippen molar-refractivity contribution in [3.8, 4) is 0 Å². The van der Waals surface area contributed by atoms with Gasteiger partial charge in [0.25, 0.3) is 12.3 Å². The van der Waals surface area contributed by atoms with E-state index in [0.717, 1.165) is 0 Å². The fourth-order valence-corrected chi connectivity index (χ4v) is 3.23. The Morgan fingerprint density at radius 1 is 1.17 bits per heavy atom. The summed E-state index contributed by atoms with van der Waals surface area (Å²) in [6.07, 6.45) is -2.88. The molecule has 0 aromatic rings. The van der Waals surface area contributed by atoms with Gasteiger partial charge in [-0.05, 0) is 0 Å². The van der Waals surface area contributed by atoms with Gasteiger partial charge in [-0.25, -0.2) is 18.6 Å². The number of hydrogen-bond acceptors (Lipinski definition) is 6. The molecule has 0 aliphatic carbocycles. The van der Waals surface area contributed by atoms with Crippen LogP contribution >= 0.6 is 0 Å². The number of likely N-dealkylation sites (N-methyl/N-ethyl adjacent to an activating group) is 2. The number of alkyl halides is 2. The summed E-state index contributed by atoms with van der Waals surface area (Å²) in [5.41, 5.74) is 0. The lowest BCUT2D eigenvalue weighted by Gasteiger charge is -2.38. The minimum atomic E-state index is -2.33. The van der Waals surface area contributed by atoms with Crippen molar-refractivity contribution in [1.82, 2.24) is 24.9 Å². The zero-order valence-corrected chi connectivity index (χ0v) is 13.1. The summed E-state index contributed by atoms with van der Waals surface area (Å²) < 4.78 is 24.9. The average molecular weight is 330 g/mol. The highest BCUT2D eigenvalue weighted by Crippen LogP contribution is 2.24. The van der Waals surface area contributed by atoms with E-state index in [1.54, 1.807) is 23.9 Å². The van der Waals surface area contributed by atoms with Crippen molar-refractivity contribution in [2.75, 3.05) is 46.8 Å². The largest absolute Gasteiger partial charge is 0.340 e. The van der Waals surface area contributed by atoms with Crippen LogP contribution in [0.3, 0.4) is 0 Å². The lowest BCUT2D eigenvalue weighted by molar-refractivity contribution is -0.126. The molecule has 0 radical (unpaired) electrons. The maximum Gasteiger partial charge on any atom is 0.325 e. The molecular weight excluding hydrogens is 310 g/mol. The third-order valence-corrected chi connectivity index (χ3v) is 4.53. The highest BCUT2D eigenvalue weighted by atomic mass is 19.3. The fraction of sp³-hybridized carbons (Fsp3) is 0.769. The quantitative estimate of drug-likeness (QED) is 0.707. The lowest BCUT2D eigenvalue weighted by atomic mass is 10.1. The zero-order valence-electron chi connectivity index (χ0n) is 13.1. The van der Waals surface area contributed by atoms with E-state index in [1.807, 2.05) is 4.90 Å². The van der Waals surface area contributed by atoms with Crippen molar-refractivity contribution in [2.45, 2.75) is 18.6 Å². The topological polar surface area (TPSA) is 71.5 Å². The third kappa shape index (κ3) is 2.82. The molecule has 8 nitrogen and oxygen atoms in total. The molecular formula is C13H20F2N6O2. The van der Waals surface area contributed by atoms with Gasteiger partial charge in [-0.15, -0.1) is 0 Å². The summed E-state index contributed by atoms with van der Waals surface area (Å²) in [7, 11) is 3.36. The molecule has 128 valence electrons. The number of rotatable bonds is 2. The Hall–Kier alpha value is -1.97. The van der Waals surface area contributed by atoms with E-state index in [4.69, 9.17) is 0 Å². The van der Waals surface area contributed by atoms with Crippen molar-refractivity contribution in [2.24, 2.45) is 4.99 Å². The minimum Gasteiger partial charge on any atom is -0.340 e. The summed E-state index contributed by atoms with van der Waals surface area (Å²) in [4.78, 5) is 35.1. The van der Waals surface area contributed by atoms with Crippen LogP contribution in [0.15, 0.2) is 4.99 Å². The molecule has 1 N–H and O–H groups in total. The molecule has 2 unspecified atom stereocenters. The van der Waals surface area contributed by atoms with E-state index >= 15 is 0 Å². The van der Waals surface area contributed by atoms with Crippen LogP contribution in [0.1, 0.15) is 0 Å². The number of carbonyl (C=O) groups is 2. The highest BCUT2D eigenvalue weighted by Gasteiger charge is 2.48. The Balaban J connectivity index is 1.69. The molecule has 3 aliphatic heterocycles. The second-order valence-electron chi connectivity index (χ2n) is 5.98. The highest BCUT2D eigenvalue weighted by molar-refractivity contribution is 6.03. The van der Waals surface area contributed by atoms with Gasteiger partial charge in [0.05, 0.1) is 6.54 Å². The standard InChI is InChI=1S/C13H20F2N6O2/c1-18-9-10(19(2)13(23)17-11(9)22)16-12(18)21-5-3-20(4-6-21)7-8(14)15/h8-10H,3-7H2,1-2H3,(H,17,22,23). The molecule has 3 rings (SSSR count). The minimum absolute atomic E-state index is 0.221. The number of piperazine rings is 1. The number of halogens is 2. The number of fused-ring (bicyclic) bond motifs is 1. The molecule has 0 aromatic heterocycles. The van der Waals surface area contributed by atoms with E-state index in [1.165, 1.54) is 4.90 Å². The van der Waals surface area contributed by atoms with Gasteiger partial charge in [0.2, 0.25) is 0 Å². The molecule has 0 aromatic carbocycles. The van der Waals surface area contributed by atoms with Gasteiger partial charge in [-0.1, -0.05) is 0 Å². The molecule has 23 heavy (non-hydrogen) atoms. The van der Waals surface area contributed by atoms with Crippen LogP contribution in [0.2, 0.25) is 0 Å². The summed E-state index contributed by atoms with van der Waals surface area (Å²) >= 11 is 0. The number of guanidine groups is 1. The van der Waals surface area contributed by atoms with E-state index in [-0.39, 0.29) is 12.5 Å². The van der Waals surface area contributed by atoms with Crippen LogP contribution in [-0.2, 0) is 4.79 Å². The molecule has 3 aliphatic rings. The van der Waals surface area contributed by atoms with Crippen LogP contribution in [0.4, 0.5) is 13.6 Å². The summed E-state index contributed by atoms with van der Waals surface area (Å²) in [5, 5.41) is 2.31. The van der Waals surface area contributed by atoms with Crippen molar-refractivity contribution in [3.63, 3.8) is 0 Å². The van der Waals surface area contributed by atoms with E-state index in [9.17, 15) is 18.4 Å². The van der Waals surface area contributed by atoms with Crippen LogP contribution in [0.25, 0.3) is 0 Å². The number of carbonyl (C=O) groups excluding carboxylic acids is 2. The molecule has 3 heterocycles. The molecule has 10 heteroatoms. The molecule has 2 atom stereocenters. The van der Waals surface area contributed by atoms with Gasteiger partial charge in [-0.2, -0.15) is 0 Å².